The molecule has 1 atom stereocenters. The highest BCUT2D eigenvalue weighted by atomic mass is 32.1. The number of nitrogens with zero attached hydrogens (tertiary/aromatic N) is 4. The molecule has 2 aromatic rings. The van der Waals surface area contributed by atoms with E-state index in [0.29, 0.717) is 5.92 Å². The monoisotopic (exact) mass is 304 g/mol. The maximum absolute atomic E-state index is 4.54. The minimum Gasteiger partial charge on any atom is -0.333 e. The lowest BCUT2D eigenvalue weighted by molar-refractivity contribution is 0.195. The van der Waals surface area contributed by atoms with Crippen molar-refractivity contribution in [3.63, 3.8) is 0 Å². The highest BCUT2D eigenvalue weighted by molar-refractivity contribution is 7.11. The van der Waals surface area contributed by atoms with Crippen molar-refractivity contribution in [2.24, 2.45) is 5.92 Å². The first kappa shape index (κ1) is 14.8. The van der Waals surface area contributed by atoms with Crippen molar-refractivity contribution in [1.82, 2.24) is 19.4 Å². The first-order valence-electron chi connectivity index (χ1n) is 7.52. The SMILES string of the molecule is Cc1ccc(CN2Cc3nccn3C[C@@H](CN(C)C)C2)s1. The predicted molar refractivity (Wildman–Crippen MR) is 87.4 cm³/mol. The van der Waals surface area contributed by atoms with E-state index in [0.717, 1.165) is 32.7 Å². The van der Waals surface area contributed by atoms with E-state index in [-0.39, 0.29) is 0 Å². The van der Waals surface area contributed by atoms with E-state index in [1.165, 1.54) is 15.6 Å². The lowest BCUT2D eigenvalue weighted by Gasteiger charge is -2.25. The summed E-state index contributed by atoms with van der Waals surface area (Å²) in [5, 5.41) is 0. The number of thiophene rings is 1. The normalized spacial score (nSPS) is 19.7. The fourth-order valence-electron chi connectivity index (χ4n) is 3.17. The van der Waals surface area contributed by atoms with Gasteiger partial charge in [0.2, 0.25) is 0 Å². The van der Waals surface area contributed by atoms with Crippen molar-refractivity contribution in [1.29, 1.82) is 0 Å². The van der Waals surface area contributed by atoms with Crippen LogP contribution < -0.4 is 0 Å². The minimum absolute atomic E-state index is 0.650. The molecule has 0 unspecified atom stereocenters. The van der Waals surface area contributed by atoms with Gasteiger partial charge in [-0.25, -0.2) is 4.98 Å². The third-order valence-corrected chi connectivity index (χ3v) is 4.92. The van der Waals surface area contributed by atoms with Gasteiger partial charge >= 0.3 is 0 Å². The lowest BCUT2D eigenvalue weighted by Crippen LogP contribution is -2.33. The standard InChI is InChI=1S/C16H24N4S/c1-13-4-5-15(21-13)11-19-9-14(8-18(2)3)10-20-7-6-17-16(20)12-19/h4-7,14H,8-12H2,1-3H3/t14-/m0/s1. The van der Waals surface area contributed by atoms with E-state index in [9.17, 15) is 0 Å². The summed E-state index contributed by atoms with van der Waals surface area (Å²) in [5.41, 5.74) is 0. The summed E-state index contributed by atoms with van der Waals surface area (Å²) in [4.78, 5) is 12.2. The van der Waals surface area contributed by atoms with Gasteiger partial charge in [0.15, 0.2) is 0 Å². The highest BCUT2D eigenvalue weighted by Crippen LogP contribution is 2.22. The summed E-state index contributed by atoms with van der Waals surface area (Å²) >= 11 is 1.91. The molecule has 0 fully saturated rings. The first-order chi connectivity index (χ1) is 10.1. The number of aromatic nitrogens is 2. The van der Waals surface area contributed by atoms with Gasteiger partial charge in [0, 0.05) is 54.2 Å². The maximum atomic E-state index is 4.54. The smallest absolute Gasteiger partial charge is 0.122 e. The molecule has 0 amide bonds. The molecular weight excluding hydrogens is 280 g/mol. The van der Waals surface area contributed by atoms with E-state index in [4.69, 9.17) is 0 Å². The summed E-state index contributed by atoms with van der Waals surface area (Å²) in [6.45, 7) is 7.50. The van der Waals surface area contributed by atoms with E-state index < -0.39 is 0 Å². The van der Waals surface area contributed by atoms with E-state index in [1.807, 2.05) is 17.5 Å². The molecule has 3 rings (SSSR count). The summed E-state index contributed by atoms with van der Waals surface area (Å²) in [5.74, 6) is 1.85. The average molecular weight is 304 g/mol. The van der Waals surface area contributed by atoms with Crippen molar-refractivity contribution >= 4 is 11.3 Å². The van der Waals surface area contributed by atoms with Crippen LogP contribution in [0.2, 0.25) is 0 Å². The van der Waals surface area contributed by atoms with Crippen LogP contribution in [0.3, 0.4) is 0 Å². The van der Waals surface area contributed by atoms with Gasteiger partial charge in [-0.15, -0.1) is 11.3 Å². The summed E-state index contributed by atoms with van der Waals surface area (Å²) in [6, 6.07) is 4.48. The van der Waals surface area contributed by atoms with E-state index in [2.05, 4.69) is 58.7 Å². The van der Waals surface area contributed by atoms with Gasteiger partial charge in [-0.2, -0.15) is 0 Å². The lowest BCUT2D eigenvalue weighted by atomic mass is 10.1. The molecule has 5 heteroatoms. The molecule has 3 heterocycles. The van der Waals surface area contributed by atoms with Crippen LogP contribution in [-0.2, 0) is 19.6 Å². The van der Waals surface area contributed by atoms with Gasteiger partial charge < -0.3 is 9.47 Å². The third kappa shape index (κ3) is 3.73. The number of fused-ring (bicyclic) bond motifs is 1. The zero-order valence-corrected chi connectivity index (χ0v) is 13.9. The molecule has 0 spiro atoms. The van der Waals surface area contributed by atoms with Crippen molar-refractivity contribution in [3.05, 3.63) is 40.1 Å². The largest absolute Gasteiger partial charge is 0.333 e. The second kappa shape index (κ2) is 6.30. The Morgan fingerprint density at radius 1 is 1.33 bits per heavy atom. The molecule has 2 aromatic heterocycles. The molecule has 0 saturated heterocycles. The van der Waals surface area contributed by atoms with Crippen molar-refractivity contribution in [2.75, 3.05) is 27.2 Å². The van der Waals surface area contributed by atoms with Crippen LogP contribution in [0.5, 0.6) is 0 Å². The van der Waals surface area contributed by atoms with Crippen LogP contribution in [-0.4, -0.2) is 46.5 Å². The van der Waals surface area contributed by atoms with Gasteiger partial charge in [-0.3, -0.25) is 4.90 Å². The Hall–Kier alpha value is -1.17. The topological polar surface area (TPSA) is 24.3 Å². The molecule has 0 saturated carbocycles. The number of aryl methyl sites for hydroxylation is 1. The quantitative estimate of drug-likeness (QED) is 0.867. The predicted octanol–water partition coefficient (Wildman–Crippen LogP) is 2.45. The Balaban J connectivity index is 1.76. The average Bonchev–Trinajstić information content (AvgIpc) is 2.95. The minimum atomic E-state index is 0.650. The van der Waals surface area contributed by atoms with Gasteiger partial charge in [-0.05, 0) is 33.2 Å². The Morgan fingerprint density at radius 3 is 2.90 bits per heavy atom. The zero-order chi connectivity index (χ0) is 14.8. The molecular formula is C16H24N4S. The van der Waals surface area contributed by atoms with Gasteiger partial charge in [-0.1, -0.05) is 0 Å². The maximum Gasteiger partial charge on any atom is 0.122 e. The zero-order valence-electron chi connectivity index (χ0n) is 13.1. The second-order valence-corrected chi connectivity index (χ2v) is 7.68. The van der Waals surface area contributed by atoms with Crippen LogP contribution in [0, 0.1) is 12.8 Å². The molecule has 4 nitrogen and oxygen atoms in total. The summed E-state index contributed by atoms with van der Waals surface area (Å²) < 4.78 is 2.33. The van der Waals surface area contributed by atoms with Gasteiger partial charge in [0.05, 0.1) is 6.54 Å². The van der Waals surface area contributed by atoms with Gasteiger partial charge in [0.1, 0.15) is 5.82 Å². The van der Waals surface area contributed by atoms with Crippen LogP contribution in [0.1, 0.15) is 15.6 Å². The Bertz CT molecular complexity index is 587. The summed E-state index contributed by atoms with van der Waals surface area (Å²) in [6.07, 6.45) is 4.05. The van der Waals surface area contributed by atoms with Crippen molar-refractivity contribution in [2.45, 2.75) is 26.6 Å². The van der Waals surface area contributed by atoms with Crippen molar-refractivity contribution < 1.29 is 0 Å². The van der Waals surface area contributed by atoms with Gasteiger partial charge in [0.25, 0.3) is 0 Å². The van der Waals surface area contributed by atoms with Crippen LogP contribution >= 0.6 is 11.3 Å². The Kier molecular flexibility index (Phi) is 4.42. The van der Waals surface area contributed by atoms with Crippen LogP contribution in [0.15, 0.2) is 24.5 Å². The molecule has 0 aromatic carbocycles. The van der Waals surface area contributed by atoms with Crippen molar-refractivity contribution in [3.8, 4) is 0 Å². The molecule has 0 radical (unpaired) electrons. The molecule has 0 N–H and O–H groups in total. The summed E-state index contributed by atoms with van der Waals surface area (Å²) in [7, 11) is 4.32. The number of imidazole rings is 1. The highest BCUT2D eigenvalue weighted by Gasteiger charge is 2.23. The number of hydrogen-bond acceptors (Lipinski definition) is 4. The number of rotatable bonds is 4. The molecule has 1 aliphatic heterocycles. The molecule has 0 aliphatic carbocycles. The second-order valence-electron chi connectivity index (χ2n) is 6.31. The molecule has 114 valence electrons. The van der Waals surface area contributed by atoms with Crippen LogP contribution in [0.25, 0.3) is 0 Å². The van der Waals surface area contributed by atoms with E-state index in [1.54, 1.807) is 0 Å². The molecule has 0 bridgehead atoms. The Labute approximate surface area is 131 Å². The number of hydrogen-bond donors (Lipinski definition) is 0. The fraction of sp³-hybridized carbons (Fsp3) is 0.562. The Morgan fingerprint density at radius 2 is 2.19 bits per heavy atom. The first-order valence-corrected chi connectivity index (χ1v) is 8.34. The van der Waals surface area contributed by atoms with E-state index >= 15 is 0 Å². The molecule has 1 aliphatic rings. The fourth-order valence-corrected chi connectivity index (χ4v) is 4.10. The third-order valence-electron chi connectivity index (χ3n) is 3.94. The van der Waals surface area contributed by atoms with Crippen LogP contribution in [0.4, 0.5) is 0 Å². The molecule has 21 heavy (non-hydrogen) atoms.